The van der Waals surface area contributed by atoms with Gasteiger partial charge in [-0.05, 0) is 55.8 Å². The van der Waals surface area contributed by atoms with E-state index in [-0.39, 0.29) is 17.7 Å². The highest BCUT2D eigenvalue weighted by Gasteiger charge is 2.32. The maximum absolute atomic E-state index is 12.4. The summed E-state index contributed by atoms with van der Waals surface area (Å²) in [6.07, 6.45) is 13.6. The van der Waals surface area contributed by atoms with Crippen molar-refractivity contribution in [1.29, 1.82) is 0 Å². The van der Waals surface area contributed by atoms with Crippen molar-refractivity contribution < 1.29 is 9.59 Å². The molecule has 5 rings (SSSR count). The fourth-order valence-corrected chi connectivity index (χ4v) is 6.32. The van der Waals surface area contributed by atoms with Crippen molar-refractivity contribution in [2.45, 2.75) is 82.5 Å². The Morgan fingerprint density at radius 3 is 2.73 bits per heavy atom. The molecule has 0 bridgehead atoms. The minimum absolute atomic E-state index is 0.182. The third kappa shape index (κ3) is 5.01. The number of hydrogen-bond acceptors (Lipinski definition) is 4. The molecule has 6 heteroatoms. The van der Waals surface area contributed by atoms with Crippen molar-refractivity contribution in [3.8, 4) is 0 Å². The normalized spacial score (nSPS) is 25.1. The van der Waals surface area contributed by atoms with Crippen LogP contribution in [0.15, 0.2) is 18.2 Å². The van der Waals surface area contributed by atoms with Crippen LogP contribution in [0.2, 0.25) is 0 Å². The molecule has 1 N–H and O–H groups in total. The highest BCUT2D eigenvalue weighted by atomic mass is 16.2. The predicted molar refractivity (Wildman–Crippen MR) is 130 cm³/mol. The van der Waals surface area contributed by atoms with Gasteiger partial charge >= 0.3 is 0 Å². The summed E-state index contributed by atoms with van der Waals surface area (Å²) >= 11 is 0. The number of aromatic nitrogens is 2. The number of carbonyl (C=O) groups excluding carboxylic acids is 2. The highest BCUT2D eigenvalue weighted by Crippen LogP contribution is 2.34. The maximum Gasteiger partial charge on any atom is 0.235 e. The number of amides is 2. The van der Waals surface area contributed by atoms with Crippen molar-refractivity contribution in [2.75, 3.05) is 19.6 Å². The average molecular weight is 451 g/mol. The van der Waals surface area contributed by atoms with Gasteiger partial charge in [-0.25, -0.2) is 0 Å². The van der Waals surface area contributed by atoms with Crippen LogP contribution in [0.4, 0.5) is 0 Å². The quantitative estimate of drug-likeness (QED) is 0.493. The smallest absolute Gasteiger partial charge is 0.235 e. The summed E-state index contributed by atoms with van der Waals surface area (Å²) in [4.78, 5) is 26.6. The molecule has 2 atom stereocenters. The van der Waals surface area contributed by atoms with E-state index in [1.54, 1.807) is 0 Å². The number of aryl methyl sites for hydroxylation is 1. The monoisotopic (exact) mass is 450 g/mol. The average Bonchev–Trinajstić information content (AvgIpc) is 3.42. The van der Waals surface area contributed by atoms with E-state index in [1.807, 2.05) is 11.7 Å². The fourth-order valence-electron chi connectivity index (χ4n) is 6.32. The van der Waals surface area contributed by atoms with E-state index in [1.165, 1.54) is 76.4 Å². The second-order valence-corrected chi connectivity index (χ2v) is 10.6. The summed E-state index contributed by atoms with van der Waals surface area (Å²) in [5, 5.41) is 8.20. The molecule has 6 nitrogen and oxygen atoms in total. The molecular formula is C27H38N4O2. The number of piperidine rings is 1. The Morgan fingerprint density at radius 2 is 1.91 bits per heavy atom. The van der Waals surface area contributed by atoms with E-state index < -0.39 is 0 Å². The number of rotatable bonds is 7. The Bertz CT molecular complexity index is 1010. The Hall–Kier alpha value is -2.21. The molecule has 0 radical (unpaired) electrons. The van der Waals surface area contributed by atoms with Gasteiger partial charge in [0.25, 0.3) is 0 Å². The molecule has 3 aliphatic rings. The van der Waals surface area contributed by atoms with E-state index in [9.17, 15) is 9.59 Å². The van der Waals surface area contributed by atoms with E-state index in [0.29, 0.717) is 18.8 Å². The van der Waals surface area contributed by atoms with Gasteiger partial charge in [-0.15, -0.1) is 0 Å². The molecule has 0 spiro atoms. The molecule has 2 aliphatic heterocycles. The van der Waals surface area contributed by atoms with Gasteiger partial charge in [-0.3, -0.25) is 19.6 Å². The summed E-state index contributed by atoms with van der Waals surface area (Å²) in [5.74, 6) is 0.832. The first kappa shape index (κ1) is 22.6. The minimum Gasteiger partial charge on any atom is -0.303 e. The molecule has 3 fully saturated rings. The first-order chi connectivity index (χ1) is 16.1. The Morgan fingerprint density at radius 1 is 1.06 bits per heavy atom. The number of hydrogen-bond donors (Lipinski definition) is 1. The topological polar surface area (TPSA) is 67.2 Å². The zero-order valence-corrected chi connectivity index (χ0v) is 20.0. The largest absolute Gasteiger partial charge is 0.303 e. The number of imide groups is 1. The SMILES string of the molecule is Cn1nc(C2CCC(=O)NC2=O)c2ccc([C@@H]3CCN(CCCCC4CCCCC4)C3)cc21. The number of unbranched alkanes of at least 4 members (excludes halogenated alkanes) is 1. The number of nitrogens with one attached hydrogen (secondary N) is 1. The van der Waals surface area contributed by atoms with Crippen LogP contribution in [0.5, 0.6) is 0 Å². The fraction of sp³-hybridized carbons (Fsp3) is 0.667. The lowest BCUT2D eigenvalue weighted by Gasteiger charge is -2.22. The van der Waals surface area contributed by atoms with Gasteiger partial charge in [0.1, 0.15) is 0 Å². The lowest BCUT2D eigenvalue weighted by atomic mass is 9.86. The lowest BCUT2D eigenvalue weighted by molar-refractivity contribution is -0.134. The van der Waals surface area contributed by atoms with Crippen molar-refractivity contribution in [3.05, 3.63) is 29.5 Å². The molecular weight excluding hydrogens is 412 g/mol. The van der Waals surface area contributed by atoms with Gasteiger partial charge < -0.3 is 4.90 Å². The lowest BCUT2D eigenvalue weighted by Crippen LogP contribution is -2.39. The summed E-state index contributed by atoms with van der Waals surface area (Å²) in [5.41, 5.74) is 3.26. The minimum atomic E-state index is -0.340. The van der Waals surface area contributed by atoms with Gasteiger partial charge in [-0.1, -0.05) is 57.1 Å². The van der Waals surface area contributed by atoms with Gasteiger partial charge in [0.15, 0.2) is 0 Å². The van der Waals surface area contributed by atoms with Crippen LogP contribution in [0.3, 0.4) is 0 Å². The Kier molecular flexibility index (Phi) is 6.81. The zero-order chi connectivity index (χ0) is 22.8. The summed E-state index contributed by atoms with van der Waals surface area (Å²) in [6, 6.07) is 6.65. The highest BCUT2D eigenvalue weighted by molar-refractivity contribution is 6.02. The molecule has 1 aromatic heterocycles. The molecule has 33 heavy (non-hydrogen) atoms. The third-order valence-electron chi connectivity index (χ3n) is 8.28. The number of fused-ring (bicyclic) bond motifs is 1. The molecule has 1 unspecified atom stereocenters. The molecule has 1 aliphatic carbocycles. The van der Waals surface area contributed by atoms with E-state index >= 15 is 0 Å². The molecule has 3 heterocycles. The molecule has 178 valence electrons. The molecule has 2 amide bonds. The van der Waals surface area contributed by atoms with E-state index in [0.717, 1.165) is 29.1 Å². The molecule has 2 aromatic rings. The maximum atomic E-state index is 12.4. The van der Waals surface area contributed by atoms with Crippen molar-refractivity contribution in [1.82, 2.24) is 20.0 Å². The van der Waals surface area contributed by atoms with Crippen LogP contribution in [-0.2, 0) is 16.6 Å². The number of benzene rings is 1. The molecule has 1 saturated carbocycles. The van der Waals surface area contributed by atoms with Gasteiger partial charge in [0.05, 0.1) is 17.1 Å². The predicted octanol–water partition coefficient (Wildman–Crippen LogP) is 4.63. The van der Waals surface area contributed by atoms with E-state index in [2.05, 4.69) is 28.4 Å². The van der Waals surface area contributed by atoms with Crippen LogP contribution in [0.1, 0.15) is 93.7 Å². The van der Waals surface area contributed by atoms with Crippen LogP contribution >= 0.6 is 0 Å². The summed E-state index contributed by atoms with van der Waals surface area (Å²) in [7, 11) is 1.95. The van der Waals surface area contributed by atoms with Crippen LogP contribution < -0.4 is 5.32 Å². The standard InChI is InChI=1S/C27H38N4O2/c1-30-24-17-20(10-11-22(24)26(29-30)23-12-13-25(32)28-27(23)33)21-14-16-31(18-21)15-6-5-9-19-7-3-2-4-8-19/h10-11,17,19,21,23H,2-9,12-16,18H2,1H3,(H,28,32,33)/t21-,23?/m1/s1. The van der Waals surface area contributed by atoms with E-state index in [4.69, 9.17) is 5.10 Å². The number of carbonyl (C=O) groups is 2. The van der Waals surface area contributed by atoms with Gasteiger partial charge in [0.2, 0.25) is 11.8 Å². The first-order valence-corrected chi connectivity index (χ1v) is 13.1. The number of likely N-dealkylation sites (tertiary alicyclic amines) is 1. The Labute approximate surface area is 197 Å². The van der Waals surface area contributed by atoms with Crippen molar-refractivity contribution in [3.63, 3.8) is 0 Å². The van der Waals surface area contributed by atoms with Crippen molar-refractivity contribution >= 4 is 22.7 Å². The summed E-state index contributed by atoms with van der Waals surface area (Å²) in [6.45, 7) is 3.57. The van der Waals surface area contributed by atoms with Crippen LogP contribution in [0, 0.1) is 5.92 Å². The third-order valence-corrected chi connectivity index (χ3v) is 8.28. The van der Waals surface area contributed by atoms with Crippen molar-refractivity contribution in [2.24, 2.45) is 13.0 Å². The van der Waals surface area contributed by atoms with Crippen LogP contribution in [0.25, 0.3) is 10.9 Å². The molecule has 1 aromatic carbocycles. The first-order valence-electron chi connectivity index (χ1n) is 13.1. The van der Waals surface area contributed by atoms with Gasteiger partial charge in [0, 0.05) is 25.4 Å². The second kappa shape index (κ2) is 9.96. The second-order valence-electron chi connectivity index (χ2n) is 10.6. The molecule has 2 saturated heterocycles. The summed E-state index contributed by atoms with van der Waals surface area (Å²) < 4.78 is 1.90. The number of nitrogens with zero attached hydrogens (tertiary/aromatic N) is 3. The van der Waals surface area contributed by atoms with Crippen LogP contribution in [-0.4, -0.2) is 46.1 Å². The van der Waals surface area contributed by atoms with Gasteiger partial charge in [-0.2, -0.15) is 5.10 Å². The Balaban J connectivity index is 1.19. The zero-order valence-electron chi connectivity index (χ0n) is 20.0.